The number of rotatable bonds is 7. The fourth-order valence-corrected chi connectivity index (χ4v) is 4.50. The van der Waals surface area contributed by atoms with Gasteiger partial charge in [0.05, 0.1) is 11.6 Å². The van der Waals surface area contributed by atoms with Gasteiger partial charge >= 0.3 is 0 Å². The fourth-order valence-electron chi connectivity index (χ4n) is 3.90. The lowest BCUT2D eigenvalue weighted by Gasteiger charge is -2.21. The van der Waals surface area contributed by atoms with Gasteiger partial charge < -0.3 is 14.8 Å². The maximum atomic E-state index is 6.09. The first-order valence-electron chi connectivity index (χ1n) is 10.4. The third kappa shape index (κ3) is 6.25. The summed E-state index contributed by atoms with van der Waals surface area (Å²) in [4.78, 5) is 0. The van der Waals surface area contributed by atoms with E-state index in [1.165, 1.54) is 56.1 Å². The number of nitrogens with one attached hydrogen (secondary N) is 1. The Morgan fingerprint density at radius 3 is 2.46 bits per heavy atom. The van der Waals surface area contributed by atoms with Crippen molar-refractivity contribution in [3.8, 4) is 11.5 Å². The Bertz CT molecular complexity index is 754. The van der Waals surface area contributed by atoms with Crippen molar-refractivity contribution in [3.63, 3.8) is 0 Å². The monoisotopic (exact) mass is 445 g/mol. The molecule has 4 heteroatoms. The lowest BCUT2D eigenvalue weighted by atomic mass is 9.96. The molecule has 1 N–H and O–H groups in total. The minimum absolute atomic E-state index is 0.524. The predicted molar refractivity (Wildman–Crippen MR) is 119 cm³/mol. The minimum Gasteiger partial charge on any atom is -0.493 e. The molecule has 3 nitrogen and oxygen atoms in total. The first-order valence-corrected chi connectivity index (χ1v) is 11.2. The van der Waals surface area contributed by atoms with Crippen LogP contribution in [-0.4, -0.2) is 13.2 Å². The molecular weight excluding hydrogens is 414 g/mol. The van der Waals surface area contributed by atoms with Crippen LogP contribution in [0.2, 0.25) is 0 Å². The van der Waals surface area contributed by atoms with Crippen molar-refractivity contribution < 1.29 is 9.47 Å². The molecule has 0 amide bonds. The van der Waals surface area contributed by atoms with E-state index in [0.717, 1.165) is 28.1 Å². The van der Waals surface area contributed by atoms with Gasteiger partial charge in [-0.05, 0) is 59.0 Å². The highest BCUT2D eigenvalue weighted by atomic mass is 79.9. The molecule has 1 aliphatic carbocycles. The van der Waals surface area contributed by atoms with Gasteiger partial charge in [0.1, 0.15) is 6.61 Å². The van der Waals surface area contributed by atoms with Crippen LogP contribution < -0.4 is 14.8 Å². The summed E-state index contributed by atoms with van der Waals surface area (Å²) in [7, 11) is 1.70. The van der Waals surface area contributed by atoms with Crippen LogP contribution in [0, 0.1) is 6.92 Å². The van der Waals surface area contributed by atoms with E-state index in [2.05, 4.69) is 64.6 Å². The van der Waals surface area contributed by atoms with Gasteiger partial charge in [-0.25, -0.2) is 0 Å². The number of halogens is 1. The van der Waals surface area contributed by atoms with Crippen LogP contribution >= 0.6 is 15.9 Å². The lowest BCUT2D eigenvalue weighted by Crippen LogP contribution is -2.29. The van der Waals surface area contributed by atoms with Crippen LogP contribution in [0.15, 0.2) is 40.9 Å². The summed E-state index contributed by atoms with van der Waals surface area (Å²) in [5, 5.41) is 3.75. The molecule has 0 bridgehead atoms. The molecule has 0 unspecified atom stereocenters. The summed E-state index contributed by atoms with van der Waals surface area (Å²) in [6.07, 6.45) is 9.43. The number of ether oxygens (including phenoxy) is 2. The zero-order valence-corrected chi connectivity index (χ0v) is 18.7. The van der Waals surface area contributed by atoms with Crippen LogP contribution in [0.1, 0.15) is 61.6 Å². The quantitative estimate of drug-likeness (QED) is 0.523. The first kappa shape index (κ1) is 21.2. The standard InChI is InChI=1S/C24H32BrNO2/c1-18-9-8-10-19(13-18)17-28-24-22(25)14-20(15-23(24)27-2)16-26-21-11-6-4-3-5-7-12-21/h8-10,13-15,21,26H,3-7,11-12,16-17H2,1-2H3. The van der Waals surface area contributed by atoms with E-state index in [4.69, 9.17) is 9.47 Å². The highest BCUT2D eigenvalue weighted by molar-refractivity contribution is 9.10. The molecule has 1 saturated carbocycles. The Hall–Kier alpha value is -1.52. The molecule has 2 aromatic carbocycles. The van der Waals surface area contributed by atoms with Gasteiger partial charge in [-0.15, -0.1) is 0 Å². The molecule has 152 valence electrons. The summed E-state index contributed by atoms with van der Waals surface area (Å²) in [6.45, 7) is 3.48. The normalized spacial score (nSPS) is 15.7. The molecule has 0 spiro atoms. The molecule has 1 aliphatic rings. The van der Waals surface area contributed by atoms with Gasteiger partial charge in [-0.3, -0.25) is 0 Å². The van der Waals surface area contributed by atoms with E-state index >= 15 is 0 Å². The van der Waals surface area contributed by atoms with Crippen molar-refractivity contribution in [2.75, 3.05) is 7.11 Å². The second-order valence-corrected chi connectivity index (χ2v) is 8.66. The highest BCUT2D eigenvalue weighted by Gasteiger charge is 2.14. The first-order chi connectivity index (χ1) is 13.7. The summed E-state index contributed by atoms with van der Waals surface area (Å²) in [5.74, 6) is 1.54. The Morgan fingerprint density at radius 2 is 1.75 bits per heavy atom. The number of methoxy groups -OCH3 is 1. The zero-order chi connectivity index (χ0) is 19.8. The third-order valence-electron chi connectivity index (χ3n) is 5.45. The van der Waals surface area contributed by atoms with E-state index in [9.17, 15) is 0 Å². The van der Waals surface area contributed by atoms with Gasteiger partial charge in [-0.1, -0.05) is 61.9 Å². The summed E-state index contributed by atoms with van der Waals surface area (Å²) >= 11 is 3.68. The van der Waals surface area contributed by atoms with Gasteiger partial charge in [0.2, 0.25) is 0 Å². The number of aryl methyl sites for hydroxylation is 1. The molecule has 1 fully saturated rings. The van der Waals surface area contributed by atoms with Gasteiger partial charge in [0, 0.05) is 12.6 Å². The lowest BCUT2D eigenvalue weighted by molar-refractivity contribution is 0.282. The van der Waals surface area contributed by atoms with Crippen LogP contribution in [-0.2, 0) is 13.2 Å². The largest absolute Gasteiger partial charge is 0.493 e. The molecule has 0 heterocycles. The van der Waals surface area contributed by atoms with Crippen molar-refractivity contribution in [1.29, 1.82) is 0 Å². The van der Waals surface area contributed by atoms with E-state index in [1.807, 2.05) is 0 Å². The van der Waals surface area contributed by atoms with E-state index in [1.54, 1.807) is 7.11 Å². The second kappa shape index (κ2) is 10.9. The Morgan fingerprint density at radius 1 is 1.00 bits per heavy atom. The molecule has 0 atom stereocenters. The van der Waals surface area contributed by atoms with Crippen molar-refractivity contribution in [2.24, 2.45) is 0 Å². The van der Waals surface area contributed by atoms with Crippen LogP contribution in [0.5, 0.6) is 11.5 Å². The zero-order valence-electron chi connectivity index (χ0n) is 17.1. The number of hydrogen-bond donors (Lipinski definition) is 1. The van der Waals surface area contributed by atoms with E-state index in [0.29, 0.717) is 12.6 Å². The second-order valence-electron chi connectivity index (χ2n) is 7.81. The number of hydrogen-bond acceptors (Lipinski definition) is 3. The molecular formula is C24H32BrNO2. The predicted octanol–water partition coefficient (Wildman–Crippen LogP) is 6.55. The SMILES string of the molecule is COc1cc(CNC2CCCCCCC2)cc(Br)c1OCc1cccc(C)c1. The van der Waals surface area contributed by atoms with Crippen LogP contribution in [0.4, 0.5) is 0 Å². The minimum atomic E-state index is 0.524. The third-order valence-corrected chi connectivity index (χ3v) is 6.04. The summed E-state index contributed by atoms with van der Waals surface area (Å²) in [5.41, 5.74) is 3.61. The average molecular weight is 446 g/mol. The van der Waals surface area contributed by atoms with Gasteiger partial charge in [0.15, 0.2) is 11.5 Å². The van der Waals surface area contributed by atoms with Crippen molar-refractivity contribution in [2.45, 2.75) is 71.1 Å². The maximum absolute atomic E-state index is 6.09. The molecule has 0 radical (unpaired) electrons. The summed E-state index contributed by atoms with van der Waals surface area (Å²) in [6, 6.07) is 13.2. The van der Waals surface area contributed by atoms with E-state index in [-0.39, 0.29) is 0 Å². The number of benzene rings is 2. The summed E-state index contributed by atoms with van der Waals surface area (Å²) < 4.78 is 12.7. The van der Waals surface area contributed by atoms with Crippen LogP contribution in [0.25, 0.3) is 0 Å². The Balaban J connectivity index is 1.63. The molecule has 3 rings (SSSR count). The van der Waals surface area contributed by atoms with E-state index < -0.39 is 0 Å². The average Bonchev–Trinajstić information content (AvgIpc) is 2.66. The smallest absolute Gasteiger partial charge is 0.175 e. The van der Waals surface area contributed by atoms with Crippen molar-refractivity contribution in [3.05, 3.63) is 57.6 Å². The van der Waals surface area contributed by atoms with Crippen molar-refractivity contribution in [1.82, 2.24) is 5.32 Å². The van der Waals surface area contributed by atoms with Gasteiger partial charge in [-0.2, -0.15) is 0 Å². The Kier molecular flexibility index (Phi) is 8.23. The Labute approximate surface area is 178 Å². The molecule has 0 saturated heterocycles. The fraction of sp³-hybridized carbons (Fsp3) is 0.500. The molecule has 0 aliphatic heterocycles. The maximum Gasteiger partial charge on any atom is 0.175 e. The highest BCUT2D eigenvalue weighted by Crippen LogP contribution is 2.37. The topological polar surface area (TPSA) is 30.5 Å². The van der Waals surface area contributed by atoms with Gasteiger partial charge in [0.25, 0.3) is 0 Å². The van der Waals surface area contributed by atoms with Crippen molar-refractivity contribution >= 4 is 15.9 Å². The molecule has 0 aromatic heterocycles. The molecule has 2 aromatic rings. The van der Waals surface area contributed by atoms with Crippen LogP contribution in [0.3, 0.4) is 0 Å². The molecule has 28 heavy (non-hydrogen) atoms.